The summed E-state index contributed by atoms with van der Waals surface area (Å²) in [5, 5.41) is 13.2. The summed E-state index contributed by atoms with van der Waals surface area (Å²) >= 11 is 0.934. The number of rotatable bonds is 7. The number of nitrogens with zero attached hydrogens (tertiary/aromatic N) is 1. The lowest BCUT2D eigenvalue weighted by Crippen LogP contribution is -2.22. The zero-order chi connectivity index (χ0) is 18.2. The van der Waals surface area contributed by atoms with Crippen LogP contribution in [0.15, 0.2) is 53.4 Å². The molecule has 0 bridgehead atoms. The molecule has 130 valence electrons. The quantitative estimate of drug-likeness (QED) is 0.351. The van der Waals surface area contributed by atoms with Crippen molar-refractivity contribution >= 4 is 35.0 Å². The lowest BCUT2D eigenvalue weighted by Gasteiger charge is -2.07. The number of esters is 1. The predicted molar refractivity (Wildman–Crippen MR) is 89.8 cm³/mol. The molecule has 0 saturated heterocycles. The van der Waals surface area contributed by atoms with E-state index in [1.54, 1.807) is 12.1 Å². The summed E-state index contributed by atoms with van der Waals surface area (Å²) in [6.07, 6.45) is 0. The molecule has 2 aromatic carbocycles. The van der Waals surface area contributed by atoms with Crippen LogP contribution in [-0.2, 0) is 14.3 Å². The van der Waals surface area contributed by atoms with Gasteiger partial charge in [0.25, 0.3) is 11.6 Å². The minimum absolute atomic E-state index is 0.0159. The first kappa shape index (κ1) is 18.4. The van der Waals surface area contributed by atoms with E-state index in [9.17, 15) is 24.1 Å². The van der Waals surface area contributed by atoms with Crippen LogP contribution in [0.25, 0.3) is 0 Å². The normalized spacial score (nSPS) is 10.1. The Balaban J connectivity index is 1.80. The molecule has 0 radical (unpaired) electrons. The first-order chi connectivity index (χ1) is 12.0. The number of nitrogens with one attached hydrogen (secondary N) is 1. The van der Waals surface area contributed by atoms with Crippen molar-refractivity contribution in [1.82, 2.24) is 0 Å². The number of para-hydroxylation sites is 2. The molecule has 1 N–H and O–H groups in total. The fourth-order valence-electron chi connectivity index (χ4n) is 1.80. The summed E-state index contributed by atoms with van der Waals surface area (Å²) in [5.74, 6) is -2.20. The Labute approximate surface area is 146 Å². The molecule has 0 heterocycles. The number of hydrogen-bond donors (Lipinski definition) is 1. The van der Waals surface area contributed by atoms with Gasteiger partial charge >= 0.3 is 5.97 Å². The Morgan fingerprint density at radius 2 is 1.84 bits per heavy atom. The Morgan fingerprint density at radius 1 is 1.16 bits per heavy atom. The molecule has 7 nitrogen and oxygen atoms in total. The fraction of sp³-hybridized carbons (Fsp3) is 0.125. The van der Waals surface area contributed by atoms with E-state index >= 15 is 0 Å². The zero-order valence-electron chi connectivity index (χ0n) is 12.8. The van der Waals surface area contributed by atoms with Gasteiger partial charge in [-0.3, -0.25) is 19.7 Å². The predicted octanol–water partition coefficient (Wildman–Crippen LogP) is 3.01. The van der Waals surface area contributed by atoms with Crippen LogP contribution in [0.1, 0.15) is 0 Å². The van der Waals surface area contributed by atoms with Crippen LogP contribution in [0.3, 0.4) is 0 Å². The molecular weight excluding hydrogens is 351 g/mol. The molecule has 1 amide bonds. The van der Waals surface area contributed by atoms with Crippen LogP contribution in [-0.4, -0.2) is 29.2 Å². The third kappa shape index (κ3) is 5.57. The van der Waals surface area contributed by atoms with Gasteiger partial charge in [-0.15, -0.1) is 11.8 Å². The van der Waals surface area contributed by atoms with Crippen LogP contribution in [0.4, 0.5) is 15.8 Å². The summed E-state index contributed by atoms with van der Waals surface area (Å²) in [7, 11) is 0. The molecule has 0 fully saturated rings. The molecular formula is C16H13FN2O5S. The number of benzene rings is 2. The van der Waals surface area contributed by atoms with E-state index in [0.29, 0.717) is 4.90 Å². The molecule has 2 aromatic rings. The smallest absolute Gasteiger partial charge is 0.316 e. The largest absolute Gasteiger partial charge is 0.455 e. The number of ether oxygens (including phenoxy) is 1. The van der Waals surface area contributed by atoms with Crippen molar-refractivity contribution in [3.63, 3.8) is 0 Å². The van der Waals surface area contributed by atoms with Crippen molar-refractivity contribution in [1.29, 1.82) is 0 Å². The Bertz CT molecular complexity index is 800. The number of nitro groups is 1. The summed E-state index contributed by atoms with van der Waals surface area (Å²) in [5.41, 5.74) is -0.129. The van der Waals surface area contributed by atoms with E-state index in [1.807, 2.05) is 0 Å². The average molecular weight is 364 g/mol. The zero-order valence-corrected chi connectivity index (χ0v) is 13.6. The van der Waals surface area contributed by atoms with Crippen LogP contribution in [0.5, 0.6) is 0 Å². The van der Waals surface area contributed by atoms with Gasteiger partial charge in [0, 0.05) is 6.07 Å². The summed E-state index contributed by atoms with van der Waals surface area (Å²) < 4.78 is 18.2. The second-order valence-corrected chi connectivity index (χ2v) is 5.72. The first-order valence-electron chi connectivity index (χ1n) is 7.03. The number of hydrogen-bond acceptors (Lipinski definition) is 6. The van der Waals surface area contributed by atoms with Crippen LogP contribution in [0.2, 0.25) is 0 Å². The summed E-state index contributed by atoms with van der Waals surface area (Å²) in [4.78, 5) is 33.9. The van der Waals surface area contributed by atoms with E-state index < -0.39 is 29.2 Å². The molecule has 0 spiro atoms. The van der Waals surface area contributed by atoms with Crippen LogP contribution in [0, 0.1) is 15.9 Å². The van der Waals surface area contributed by atoms with Gasteiger partial charge in [-0.1, -0.05) is 24.3 Å². The number of halogens is 1. The molecule has 0 atom stereocenters. The van der Waals surface area contributed by atoms with Gasteiger partial charge in [0.1, 0.15) is 5.82 Å². The maximum absolute atomic E-state index is 13.4. The second kappa shape index (κ2) is 8.78. The van der Waals surface area contributed by atoms with E-state index in [1.165, 1.54) is 36.4 Å². The average Bonchev–Trinajstić information content (AvgIpc) is 2.60. The van der Waals surface area contributed by atoms with Crippen molar-refractivity contribution in [3.8, 4) is 0 Å². The van der Waals surface area contributed by atoms with Gasteiger partial charge in [0.15, 0.2) is 6.61 Å². The molecule has 0 aliphatic heterocycles. The minimum Gasteiger partial charge on any atom is -0.455 e. The number of amides is 1. The Morgan fingerprint density at radius 3 is 2.56 bits per heavy atom. The van der Waals surface area contributed by atoms with Gasteiger partial charge < -0.3 is 10.1 Å². The molecule has 0 unspecified atom stereocenters. The second-order valence-electron chi connectivity index (χ2n) is 4.70. The van der Waals surface area contributed by atoms with Crippen LogP contribution < -0.4 is 5.32 Å². The van der Waals surface area contributed by atoms with E-state index in [4.69, 9.17) is 4.74 Å². The lowest BCUT2D eigenvalue weighted by atomic mass is 10.3. The van der Waals surface area contributed by atoms with Crippen molar-refractivity contribution in [2.24, 2.45) is 0 Å². The third-order valence-corrected chi connectivity index (χ3v) is 3.96. The highest BCUT2D eigenvalue weighted by molar-refractivity contribution is 8.00. The van der Waals surface area contributed by atoms with Crippen molar-refractivity contribution in [3.05, 3.63) is 64.5 Å². The Hall–Kier alpha value is -2.94. The molecule has 9 heteroatoms. The van der Waals surface area contributed by atoms with Gasteiger partial charge in [0.05, 0.1) is 21.3 Å². The third-order valence-electron chi connectivity index (χ3n) is 2.92. The van der Waals surface area contributed by atoms with E-state index in [2.05, 4.69) is 5.32 Å². The number of nitro benzene ring substituents is 1. The first-order valence-corrected chi connectivity index (χ1v) is 8.02. The molecule has 25 heavy (non-hydrogen) atoms. The highest BCUT2D eigenvalue weighted by atomic mass is 32.2. The summed E-state index contributed by atoms with van der Waals surface area (Å²) in [6.45, 7) is -0.579. The van der Waals surface area contributed by atoms with Gasteiger partial charge in [0.2, 0.25) is 0 Å². The number of carbonyl (C=O) groups excluding carboxylic acids is 2. The maximum Gasteiger partial charge on any atom is 0.316 e. The highest BCUT2D eigenvalue weighted by Crippen LogP contribution is 2.28. The van der Waals surface area contributed by atoms with Crippen molar-refractivity contribution in [2.45, 2.75) is 4.90 Å². The van der Waals surface area contributed by atoms with Crippen molar-refractivity contribution in [2.75, 3.05) is 17.7 Å². The molecule has 0 saturated carbocycles. The van der Waals surface area contributed by atoms with E-state index in [-0.39, 0.29) is 17.1 Å². The standard InChI is InChI=1S/C16H13FN2O5S/c17-11-5-1-2-6-12(11)18-15(20)9-24-16(21)10-25-14-8-4-3-7-13(14)19(22)23/h1-8H,9-10H2,(H,18,20). The molecule has 0 aromatic heterocycles. The molecule has 0 aliphatic rings. The van der Waals surface area contributed by atoms with Gasteiger partial charge in [-0.25, -0.2) is 4.39 Å². The van der Waals surface area contributed by atoms with Crippen molar-refractivity contribution < 1.29 is 23.6 Å². The van der Waals surface area contributed by atoms with Gasteiger partial charge in [-0.2, -0.15) is 0 Å². The fourth-order valence-corrected chi connectivity index (χ4v) is 2.63. The highest BCUT2D eigenvalue weighted by Gasteiger charge is 2.15. The van der Waals surface area contributed by atoms with E-state index in [0.717, 1.165) is 11.8 Å². The Kier molecular flexibility index (Phi) is 6.47. The summed E-state index contributed by atoms with van der Waals surface area (Å²) in [6, 6.07) is 11.6. The topological polar surface area (TPSA) is 98.5 Å². The number of anilines is 1. The lowest BCUT2D eigenvalue weighted by molar-refractivity contribution is -0.387. The molecule has 2 rings (SSSR count). The number of thioether (sulfide) groups is 1. The maximum atomic E-state index is 13.4. The molecule has 0 aliphatic carbocycles. The monoisotopic (exact) mass is 364 g/mol. The van der Waals surface area contributed by atoms with Crippen LogP contribution >= 0.6 is 11.8 Å². The SMILES string of the molecule is O=C(COC(=O)CSc1ccccc1[N+](=O)[O-])Nc1ccccc1F. The number of carbonyl (C=O) groups is 2. The van der Waals surface area contributed by atoms with Gasteiger partial charge in [-0.05, 0) is 18.2 Å². The minimum atomic E-state index is -0.716.